The van der Waals surface area contributed by atoms with Crippen molar-refractivity contribution in [2.24, 2.45) is 0 Å². The first-order chi connectivity index (χ1) is 19.5. The summed E-state index contributed by atoms with van der Waals surface area (Å²) >= 11 is 1.88. The van der Waals surface area contributed by atoms with Crippen molar-refractivity contribution in [1.82, 2.24) is 24.4 Å². The van der Waals surface area contributed by atoms with Gasteiger partial charge in [0.1, 0.15) is 0 Å². The van der Waals surface area contributed by atoms with Gasteiger partial charge >= 0.3 is 17.9 Å². The molecule has 41 heavy (non-hydrogen) atoms. The van der Waals surface area contributed by atoms with Gasteiger partial charge in [-0.3, -0.25) is 14.5 Å². The molecule has 1 saturated heterocycles. The van der Waals surface area contributed by atoms with Crippen LogP contribution in [0.15, 0.2) is 43.1 Å². The van der Waals surface area contributed by atoms with Crippen molar-refractivity contribution in [1.29, 1.82) is 0 Å². The molecule has 0 amide bonds. The zero-order valence-electron chi connectivity index (χ0n) is 22.9. The number of carboxylic acids is 3. The van der Waals surface area contributed by atoms with Crippen LogP contribution < -0.4 is 4.90 Å². The lowest BCUT2D eigenvalue weighted by atomic mass is 9.96. The number of thiophene rings is 1. The molecule has 0 aliphatic carbocycles. The quantitative estimate of drug-likeness (QED) is 0.216. The molecule has 0 saturated carbocycles. The third kappa shape index (κ3) is 10.6. The van der Waals surface area contributed by atoms with E-state index >= 15 is 0 Å². The van der Waals surface area contributed by atoms with Gasteiger partial charge in [-0.15, -0.1) is 11.3 Å². The van der Waals surface area contributed by atoms with Crippen molar-refractivity contribution < 1.29 is 34.8 Å². The zero-order valence-corrected chi connectivity index (χ0v) is 23.7. The summed E-state index contributed by atoms with van der Waals surface area (Å²) in [7, 11) is 0. The van der Waals surface area contributed by atoms with Crippen molar-refractivity contribution in [2.75, 3.05) is 24.5 Å². The second-order valence-electron chi connectivity index (χ2n) is 9.90. The molecule has 4 N–H and O–H groups in total. The third-order valence-electron chi connectivity index (χ3n) is 6.39. The molecule has 0 aromatic carbocycles. The molecule has 0 bridgehead atoms. The van der Waals surface area contributed by atoms with Crippen LogP contribution in [-0.2, 0) is 34.0 Å². The average Bonchev–Trinajstić information content (AvgIpc) is 3.68. The minimum atomic E-state index is -2.74. The fourth-order valence-electron chi connectivity index (χ4n) is 4.39. The van der Waals surface area contributed by atoms with E-state index in [0.717, 1.165) is 57.3 Å². The SMILES string of the molecule is Cc1ccc(CN(CCCn2ccnc2)Cc2ccnc(N3CCCC3)n2)s1.O=C(O)CC(O)(CC(=O)O)C(=O)O. The molecule has 4 heterocycles. The van der Waals surface area contributed by atoms with Crippen LogP contribution in [0, 0.1) is 6.92 Å². The van der Waals surface area contributed by atoms with Gasteiger partial charge in [0, 0.05) is 67.6 Å². The highest BCUT2D eigenvalue weighted by Gasteiger charge is 2.40. The van der Waals surface area contributed by atoms with E-state index < -0.39 is 36.4 Å². The molecule has 0 unspecified atom stereocenters. The molecule has 14 heteroatoms. The van der Waals surface area contributed by atoms with Crippen LogP contribution in [0.1, 0.15) is 47.6 Å². The van der Waals surface area contributed by atoms with Crippen molar-refractivity contribution >= 4 is 35.2 Å². The minimum absolute atomic E-state index is 0.851. The molecule has 1 aliphatic rings. The minimum Gasteiger partial charge on any atom is -0.481 e. The Bertz CT molecular complexity index is 1260. The number of imidazole rings is 1. The highest BCUT2D eigenvalue weighted by atomic mass is 32.1. The van der Waals surface area contributed by atoms with Gasteiger partial charge < -0.3 is 29.9 Å². The predicted molar refractivity (Wildman–Crippen MR) is 151 cm³/mol. The number of hydrogen-bond acceptors (Lipinski definition) is 10. The first-order valence-corrected chi connectivity index (χ1v) is 14.1. The summed E-state index contributed by atoms with van der Waals surface area (Å²) in [6, 6.07) is 6.51. The summed E-state index contributed by atoms with van der Waals surface area (Å²) in [4.78, 5) is 51.6. The zero-order chi connectivity index (χ0) is 29.8. The van der Waals surface area contributed by atoms with Crippen LogP contribution in [0.2, 0.25) is 0 Å². The summed E-state index contributed by atoms with van der Waals surface area (Å²) in [6.07, 6.45) is 8.95. The fourth-order valence-corrected chi connectivity index (χ4v) is 5.32. The van der Waals surface area contributed by atoms with Crippen LogP contribution in [0.25, 0.3) is 0 Å². The topological polar surface area (TPSA) is 182 Å². The van der Waals surface area contributed by atoms with E-state index in [2.05, 4.69) is 49.5 Å². The maximum atomic E-state index is 10.3. The molecule has 1 fully saturated rings. The molecule has 4 rings (SSSR count). The third-order valence-corrected chi connectivity index (χ3v) is 7.37. The summed E-state index contributed by atoms with van der Waals surface area (Å²) in [5.41, 5.74) is -1.63. The summed E-state index contributed by atoms with van der Waals surface area (Å²) in [5, 5.41) is 33.8. The Morgan fingerprint density at radius 2 is 1.73 bits per heavy atom. The lowest BCUT2D eigenvalue weighted by molar-refractivity contribution is -0.170. The summed E-state index contributed by atoms with van der Waals surface area (Å²) in [6.45, 7) is 8.15. The predicted octanol–water partition coefficient (Wildman–Crippen LogP) is 2.49. The van der Waals surface area contributed by atoms with Crippen LogP contribution in [0.5, 0.6) is 0 Å². The Labute approximate surface area is 241 Å². The van der Waals surface area contributed by atoms with Crippen molar-refractivity contribution in [3.05, 3.63) is 58.6 Å². The molecule has 13 nitrogen and oxygen atoms in total. The number of carboxylic acid groups (broad SMARTS) is 3. The van der Waals surface area contributed by atoms with E-state index in [9.17, 15) is 14.4 Å². The second kappa shape index (κ2) is 15.2. The molecule has 3 aromatic heterocycles. The van der Waals surface area contributed by atoms with Gasteiger partial charge in [0.05, 0.1) is 24.9 Å². The maximum absolute atomic E-state index is 10.3. The van der Waals surface area contributed by atoms with E-state index in [-0.39, 0.29) is 0 Å². The molecule has 222 valence electrons. The average molecular weight is 589 g/mol. The summed E-state index contributed by atoms with van der Waals surface area (Å²) in [5.74, 6) is -4.13. The van der Waals surface area contributed by atoms with E-state index in [1.807, 2.05) is 36.3 Å². The maximum Gasteiger partial charge on any atom is 0.336 e. The monoisotopic (exact) mass is 588 g/mol. The largest absolute Gasteiger partial charge is 0.481 e. The number of aromatic nitrogens is 4. The first kappa shape index (κ1) is 31.6. The van der Waals surface area contributed by atoms with E-state index in [1.165, 1.54) is 22.6 Å². The number of carbonyl (C=O) groups is 3. The molecule has 0 atom stereocenters. The number of aryl methyl sites for hydroxylation is 2. The Morgan fingerprint density at radius 1 is 1.02 bits per heavy atom. The summed E-state index contributed by atoms with van der Waals surface area (Å²) < 4.78 is 2.14. The van der Waals surface area contributed by atoms with E-state index in [0.29, 0.717) is 0 Å². The Balaban J connectivity index is 0.000000302. The van der Waals surface area contributed by atoms with E-state index in [1.54, 1.807) is 0 Å². The Morgan fingerprint density at radius 3 is 2.29 bits per heavy atom. The van der Waals surface area contributed by atoms with E-state index in [4.69, 9.17) is 25.4 Å². The smallest absolute Gasteiger partial charge is 0.336 e. The Kier molecular flexibility index (Phi) is 11.7. The molecule has 1 aliphatic heterocycles. The van der Waals surface area contributed by atoms with Gasteiger partial charge in [-0.25, -0.2) is 19.7 Å². The van der Waals surface area contributed by atoms with Gasteiger partial charge in [-0.2, -0.15) is 0 Å². The van der Waals surface area contributed by atoms with Crippen LogP contribution in [0.4, 0.5) is 5.95 Å². The normalized spacial score (nSPS) is 13.2. The fraction of sp³-hybridized carbons (Fsp3) is 0.481. The van der Waals surface area contributed by atoms with Crippen molar-refractivity contribution in [2.45, 2.75) is 64.3 Å². The van der Waals surface area contributed by atoms with Gasteiger partial charge in [-0.05, 0) is 44.4 Å². The van der Waals surface area contributed by atoms with Gasteiger partial charge in [-0.1, -0.05) is 0 Å². The second-order valence-corrected chi connectivity index (χ2v) is 11.3. The number of anilines is 1. The highest BCUT2D eigenvalue weighted by molar-refractivity contribution is 7.11. The molecule has 3 aromatic rings. The lowest BCUT2D eigenvalue weighted by Crippen LogP contribution is -2.42. The molecule has 0 radical (unpaired) electrons. The lowest BCUT2D eigenvalue weighted by Gasteiger charge is -2.22. The van der Waals surface area contributed by atoms with Crippen LogP contribution in [-0.4, -0.2) is 88.0 Å². The number of aliphatic hydroxyl groups is 1. The number of hydrogen-bond donors (Lipinski definition) is 4. The van der Waals surface area contributed by atoms with Gasteiger partial charge in [0.25, 0.3) is 0 Å². The van der Waals surface area contributed by atoms with Crippen LogP contribution in [0.3, 0.4) is 0 Å². The highest BCUT2D eigenvalue weighted by Crippen LogP contribution is 2.20. The Hall–Kier alpha value is -3.88. The molecular formula is C27H36N6O7S. The van der Waals surface area contributed by atoms with Gasteiger partial charge in [0.15, 0.2) is 5.60 Å². The number of rotatable bonds is 14. The van der Waals surface area contributed by atoms with Crippen molar-refractivity contribution in [3.8, 4) is 0 Å². The molecule has 0 spiro atoms. The van der Waals surface area contributed by atoms with Crippen molar-refractivity contribution in [3.63, 3.8) is 0 Å². The van der Waals surface area contributed by atoms with Gasteiger partial charge in [0.2, 0.25) is 5.95 Å². The standard InChI is InChI=1S/C21H28N6S.C6H8O7/c1-18-5-6-20(28-18)16-26(11-4-10-25-14-9-22-17-25)15-19-7-8-23-21(24-19)27-12-2-3-13-27;7-3(8)1-6(13,5(11)12)2-4(9)10/h5-9,14,17H,2-4,10-13,15-16H2,1H3;13H,1-2H2,(H,7,8)(H,9,10)(H,11,12). The number of aliphatic carboxylic acids is 3. The number of nitrogens with zero attached hydrogens (tertiary/aromatic N) is 6. The molecular weight excluding hydrogens is 552 g/mol. The first-order valence-electron chi connectivity index (χ1n) is 13.2. The van der Waals surface area contributed by atoms with Crippen LogP contribution >= 0.6 is 11.3 Å².